The number of nitrogens with one attached hydrogen (secondary N) is 1. The lowest BCUT2D eigenvalue weighted by Gasteiger charge is -2.23. The number of rotatable bonds is 2. The molecule has 0 aliphatic carbocycles. The van der Waals surface area contributed by atoms with Gasteiger partial charge < -0.3 is 10.1 Å². The molecule has 5 nitrogen and oxygen atoms in total. The third-order valence-electron chi connectivity index (χ3n) is 2.81. The van der Waals surface area contributed by atoms with Gasteiger partial charge in [0.05, 0.1) is 12.3 Å². The first-order chi connectivity index (χ1) is 9.34. The molecule has 0 fully saturated rings. The molecule has 1 aliphatic heterocycles. The Morgan fingerprint density at radius 2 is 2.20 bits per heavy atom. The van der Waals surface area contributed by atoms with Crippen molar-refractivity contribution < 1.29 is 27.5 Å². The van der Waals surface area contributed by atoms with Gasteiger partial charge in [-0.3, -0.25) is 9.59 Å². The molecule has 108 valence electrons. The summed E-state index contributed by atoms with van der Waals surface area (Å²) < 4.78 is 42.7. The second-order valence-electron chi connectivity index (χ2n) is 4.14. The van der Waals surface area contributed by atoms with Crippen LogP contribution in [0.1, 0.15) is 29.8 Å². The van der Waals surface area contributed by atoms with Crippen LogP contribution in [-0.2, 0) is 27.0 Å². The van der Waals surface area contributed by atoms with Crippen molar-refractivity contribution in [3.63, 3.8) is 0 Å². The summed E-state index contributed by atoms with van der Waals surface area (Å²) in [6.45, 7) is 1.60. The predicted molar refractivity (Wildman–Crippen MR) is 60.5 cm³/mol. The minimum Gasteiger partial charge on any atom is -0.465 e. The summed E-state index contributed by atoms with van der Waals surface area (Å²) in [5.41, 5.74) is -0.960. The number of halogens is 3. The minimum atomic E-state index is -4.64. The van der Waals surface area contributed by atoms with Crippen LogP contribution >= 0.6 is 0 Å². The van der Waals surface area contributed by atoms with Gasteiger partial charge in [-0.2, -0.15) is 13.2 Å². The van der Waals surface area contributed by atoms with Crippen molar-refractivity contribution in [1.29, 1.82) is 0 Å². The monoisotopic (exact) mass is 288 g/mol. The van der Waals surface area contributed by atoms with E-state index in [4.69, 9.17) is 4.74 Å². The van der Waals surface area contributed by atoms with E-state index in [2.05, 4.69) is 10.3 Å². The highest BCUT2D eigenvalue weighted by Gasteiger charge is 2.39. The van der Waals surface area contributed by atoms with Gasteiger partial charge in [0.2, 0.25) is 5.91 Å². The van der Waals surface area contributed by atoms with Gasteiger partial charge in [0, 0.05) is 6.54 Å². The number of alkyl halides is 3. The zero-order valence-corrected chi connectivity index (χ0v) is 10.5. The summed E-state index contributed by atoms with van der Waals surface area (Å²) >= 11 is 0. The first kappa shape index (κ1) is 14.3. The Hall–Kier alpha value is -2.12. The van der Waals surface area contributed by atoms with E-state index in [0.717, 1.165) is 6.07 Å². The number of fused-ring (bicyclic) bond motifs is 1. The predicted octanol–water partition coefficient (Wildman–Crippen LogP) is 1.38. The van der Waals surface area contributed by atoms with Crippen LogP contribution in [0.4, 0.5) is 13.2 Å². The van der Waals surface area contributed by atoms with Crippen LogP contribution in [0.15, 0.2) is 12.1 Å². The summed E-state index contributed by atoms with van der Waals surface area (Å²) in [4.78, 5) is 26.9. The number of hydrogen-bond acceptors (Lipinski definition) is 4. The van der Waals surface area contributed by atoms with Crippen molar-refractivity contribution in [1.82, 2.24) is 10.3 Å². The van der Waals surface area contributed by atoms with Gasteiger partial charge in [0.25, 0.3) is 0 Å². The fourth-order valence-electron chi connectivity index (χ4n) is 1.91. The molecule has 1 N–H and O–H groups in total. The summed E-state index contributed by atoms with van der Waals surface area (Å²) in [5.74, 6) is -3.07. The second kappa shape index (κ2) is 5.10. The average molecular weight is 288 g/mol. The van der Waals surface area contributed by atoms with E-state index in [-0.39, 0.29) is 18.8 Å². The molecule has 0 radical (unpaired) electrons. The van der Waals surface area contributed by atoms with Gasteiger partial charge in [-0.25, -0.2) is 4.98 Å². The standard InChI is InChI=1S/C12H11F3N2O3/c1-2-20-11(19)8-9-6(5-16-10(8)18)3-4-7(17-9)12(13,14)15/h3-4,8H,2,5H2,1H3,(H,16,18)/t8-/m1/s1. The summed E-state index contributed by atoms with van der Waals surface area (Å²) in [7, 11) is 0. The van der Waals surface area contributed by atoms with Crippen LogP contribution in [0.2, 0.25) is 0 Å². The van der Waals surface area contributed by atoms with Gasteiger partial charge in [-0.15, -0.1) is 0 Å². The molecule has 2 rings (SSSR count). The molecule has 1 aliphatic rings. The van der Waals surface area contributed by atoms with Crippen LogP contribution < -0.4 is 5.32 Å². The molecule has 8 heteroatoms. The number of carbonyl (C=O) groups excluding carboxylic acids is 2. The van der Waals surface area contributed by atoms with Crippen LogP contribution in [0.3, 0.4) is 0 Å². The molecule has 0 unspecified atom stereocenters. The highest BCUT2D eigenvalue weighted by molar-refractivity contribution is 6.04. The van der Waals surface area contributed by atoms with Crippen molar-refractivity contribution >= 4 is 11.9 Å². The Labute approximate surface area is 112 Å². The highest BCUT2D eigenvalue weighted by Crippen LogP contribution is 2.31. The third kappa shape index (κ3) is 2.59. The molecule has 20 heavy (non-hydrogen) atoms. The SMILES string of the molecule is CCOC(=O)[C@H]1C(=O)NCc2ccc(C(F)(F)F)nc21. The third-order valence-corrected chi connectivity index (χ3v) is 2.81. The van der Waals surface area contributed by atoms with Crippen molar-refractivity contribution in [3.05, 3.63) is 29.1 Å². The topological polar surface area (TPSA) is 68.3 Å². The quantitative estimate of drug-likeness (QED) is 0.659. The van der Waals surface area contributed by atoms with Gasteiger partial charge in [-0.1, -0.05) is 6.07 Å². The number of esters is 1. The maximum Gasteiger partial charge on any atom is 0.433 e. The van der Waals surface area contributed by atoms with Crippen LogP contribution in [0.25, 0.3) is 0 Å². The molecular formula is C12H11F3N2O3. The normalized spacial score (nSPS) is 18.2. The van der Waals surface area contributed by atoms with Crippen LogP contribution in [0.5, 0.6) is 0 Å². The molecule has 1 aromatic rings. The molecule has 1 amide bonds. The maximum absolute atomic E-state index is 12.7. The van der Waals surface area contributed by atoms with E-state index in [1.807, 2.05) is 0 Å². The Balaban J connectivity index is 2.48. The molecular weight excluding hydrogens is 277 g/mol. The molecule has 0 spiro atoms. The largest absolute Gasteiger partial charge is 0.465 e. The molecule has 1 atom stereocenters. The van der Waals surface area contributed by atoms with Crippen LogP contribution in [-0.4, -0.2) is 23.5 Å². The summed E-state index contributed by atoms with van der Waals surface area (Å²) in [5, 5.41) is 2.42. The fourth-order valence-corrected chi connectivity index (χ4v) is 1.91. The van der Waals surface area contributed by atoms with Gasteiger partial charge >= 0.3 is 12.1 Å². The Morgan fingerprint density at radius 3 is 2.80 bits per heavy atom. The van der Waals surface area contributed by atoms with E-state index in [9.17, 15) is 22.8 Å². The highest BCUT2D eigenvalue weighted by atomic mass is 19.4. The van der Waals surface area contributed by atoms with Crippen LogP contribution in [0, 0.1) is 0 Å². The smallest absolute Gasteiger partial charge is 0.433 e. The number of aromatic nitrogens is 1. The Kier molecular flexibility index (Phi) is 3.65. The lowest BCUT2D eigenvalue weighted by Crippen LogP contribution is -2.40. The first-order valence-corrected chi connectivity index (χ1v) is 5.86. The van der Waals surface area contributed by atoms with E-state index in [1.54, 1.807) is 6.92 Å². The Morgan fingerprint density at radius 1 is 1.50 bits per heavy atom. The maximum atomic E-state index is 12.7. The first-order valence-electron chi connectivity index (χ1n) is 5.86. The molecule has 1 aromatic heterocycles. The second-order valence-corrected chi connectivity index (χ2v) is 4.14. The summed E-state index contributed by atoms with van der Waals surface area (Å²) in [6, 6.07) is 2.02. The van der Waals surface area contributed by atoms with E-state index >= 15 is 0 Å². The number of pyridine rings is 1. The zero-order chi connectivity index (χ0) is 14.9. The molecule has 0 aromatic carbocycles. The van der Waals surface area contributed by atoms with Crippen molar-refractivity contribution in [3.8, 4) is 0 Å². The van der Waals surface area contributed by atoms with E-state index in [1.165, 1.54) is 6.07 Å². The molecule has 0 bridgehead atoms. The fraction of sp³-hybridized carbons (Fsp3) is 0.417. The van der Waals surface area contributed by atoms with Crippen molar-refractivity contribution in [2.24, 2.45) is 0 Å². The van der Waals surface area contributed by atoms with Gasteiger partial charge in [-0.05, 0) is 18.6 Å². The minimum absolute atomic E-state index is 0.0247. The number of carbonyl (C=O) groups is 2. The number of hydrogen-bond donors (Lipinski definition) is 1. The van der Waals surface area contributed by atoms with Crippen molar-refractivity contribution in [2.45, 2.75) is 25.6 Å². The van der Waals surface area contributed by atoms with Gasteiger partial charge in [0.1, 0.15) is 5.69 Å². The lowest BCUT2D eigenvalue weighted by atomic mass is 9.95. The molecule has 0 saturated carbocycles. The number of ether oxygens (including phenoxy) is 1. The number of amides is 1. The lowest BCUT2D eigenvalue weighted by molar-refractivity contribution is -0.150. The zero-order valence-electron chi connectivity index (χ0n) is 10.5. The molecule has 0 saturated heterocycles. The van der Waals surface area contributed by atoms with Crippen molar-refractivity contribution in [2.75, 3.05) is 6.61 Å². The van der Waals surface area contributed by atoms with Gasteiger partial charge in [0.15, 0.2) is 5.92 Å². The van der Waals surface area contributed by atoms with E-state index in [0.29, 0.717) is 5.56 Å². The molecule has 2 heterocycles. The Bertz CT molecular complexity index is 557. The summed E-state index contributed by atoms with van der Waals surface area (Å²) in [6.07, 6.45) is -4.64. The van der Waals surface area contributed by atoms with E-state index < -0.39 is 29.7 Å². The average Bonchev–Trinajstić information content (AvgIpc) is 2.37. The number of nitrogens with zero attached hydrogens (tertiary/aromatic N) is 1.